The third-order valence-electron chi connectivity index (χ3n) is 6.79. The van der Waals surface area contributed by atoms with Crippen LogP contribution in [0.4, 0.5) is 0 Å². The molecule has 0 aliphatic heterocycles. The third kappa shape index (κ3) is 3.56. The van der Waals surface area contributed by atoms with Crippen molar-refractivity contribution in [1.82, 2.24) is 10.3 Å². The molecule has 4 fully saturated rings. The van der Waals surface area contributed by atoms with E-state index in [1.54, 1.807) is 6.92 Å². The maximum Gasteiger partial charge on any atom is 0.361 e. The summed E-state index contributed by atoms with van der Waals surface area (Å²) in [5.74, 6) is 2.15. The van der Waals surface area contributed by atoms with Gasteiger partial charge in [-0.2, -0.15) is 0 Å². The summed E-state index contributed by atoms with van der Waals surface area (Å²) in [5, 5.41) is 3.22. The van der Waals surface area contributed by atoms with E-state index in [0.717, 1.165) is 42.6 Å². The van der Waals surface area contributed by atoms with Crippen LogP contribution in [0.5, 0.6) is 0 Å². The minimum absolute atomic E-state index is 0.0808. The normalized spacial score (nSPS) is 29.6. The Hall–Kier alpha value is -2.63. The highest BCUT2D eigenvalue weighted by molar-refractivity contribution is 5.91. The third-order valence-corrected chi connectivity index (χ3v) is 6.79. The first-order chi connectivity index (χ1) is 14.0. The quantitative estimate of drug-likeness (QED) is 0.778. The summed E-state index contributed by atoms with van der Waals surface area (Å²) in [5.41, 5.74) is 0.823. The number of hydrogen-bond acceptors (Lipinski definition) is 5. The maximum atomic E-state index is 12.5. The van der Waals surface area contributed by atoms with Gasteiger partial charge in [-0.1, -0.05) is 18.2 Å². The van der Waals surface area contributed by atoms with Crippen LogP contribution in [0, 0.1) is 24.7 Å². The fraction of sp³-hybridized carbons (Fsp3) is 0.522. The molecule has 4 aliphatic rings. The van der Waals surface area contributed by atoms with Gasteiger partial charge in [-0.25, -0.2) is 9.78 Å². The van der Waals surface area contributed by atoms with Gasteiger partial charge in [-0.15, -0.1) is 0 Å². The molecular formula is C23H26N2O4. The number of hydrogen-bond donors (Lipinski definition) is 1. The van der Waals surface area contributed by atoms with Crippen molar-refractivity contribution in [2.45, 2.75) is 51.0 Å². The van der Waals surface area contributed by atoms with Gasteiger partial charge in [-0.05, 0) is 75.3 Å². The largest absolute Gasteiger partial charge is 0.451 e. The van der Waals surface area contributed by atoms with Gasteiger partial charge in [0, 0.05) is 11.1 Å². The van der Waals surface area contributed by atoms with Crippen molar-refractivity contribution < 1.29 is 18.7 Å². The molecule has 6 nitrogen and oxygen atoms in total. The summed E-state index contributed by atoms with van der Waals surface area (Å²) in [6, 6.07) is 9.37. The number of aryl methyl sites for hydroxylation is 1. The van der Waals surface area contributed by atoms with Crippen LogP contribution in [0.3, 0.4) is 0 Å². The molecule has 1 amide bonds. The van der Waals surface area contributed by atoms with E-state index in [-0.39, 0.29) is 23.7 Å². The van der Waals surface area contributed by atoms with Gasteiger partial charge in [0.1, 0.15) is 5.76 Å². The smallest absolute Gasteiger partial charge is 0.361 e. The maximum absolute atomic E-state index is 12.5. The van der Waals surface area contributed by atoms with Gasteiger partial charge < -0.3 is 14.5 Å². The van der Waals surface area contributed by atoms with Crippen molar-refractivity contribution in [3.63, 3.8) is 0 Å². The van der Waals surface area contributed by atoms with Crippen LogP contribution in [0.1, 0.15) is 54.8 Å². The van der Waals surface area contributed by atoms with E-state index < -0.39 is 5.97 Å². The van der Waals surface area contributed by atoms with E-state index in [9.17, 15) is 9.59 Å². The van der Waals surface area contributed by atoms with Crippen molar-refractivity contribution in [2.75, 3.05) is 6.61 Å². The number of benzene rings is 1. The summed E-state index contributed by atoms with van der Waals surface area (Å²) in [4.78, 5) is 29.3. The number of rotatable bonds is 5. The average molecular weight is 394 g/mol. The predicted molar refractivity (Wildman–Crippen MR) is 106 cm³/mol. The van der Waals surface area contributed by atoms with Crippen LogP contribution in [0.15, 0.2) is 34.7 Å². The van der Waals surface area contributed by atoms with Crippen LogP contribution in [0.2, 0.25) is 0 Å². The minimum atomic E-state index is -0.630. The van der Waals surface area contributed by atoms with Gasteiger partial charge in [-0.3, -0.25) is 4.79 Å². The molecule has 0 unspecified atom stereocenters. The highest BCUT2D eigenvalue weighted by atomic mass is 16.5. The van der Waals surface area contributed by atoms with Crippen LogP contribution >= 0.6 is 0 Å². The Morgan fingerprint density at radius 2 is 1.72 bits per heavy atom. The molecule has 6 heteroatoms. The van der Waals surface area contributed by atoms with Crippen molar-refractivity contribution in [1.29, 1.82) is 0 Å². The number of carbonyl (C=O) groups excluding carboxylic acids is 2. The van der Waals surface area contributed by atoms with Gasteiger partial charge >= 0.3 is 5.97 Å². The molecule has 0 saturated heterocycles. The number of aromatic nitrogens is 1. The predicted octanol–water partition coefficient (Wildman–Crippen LogP) is 3.89. The fourth-order valence-corrected chi connectivity index (χ4v) is 6.09. The molecule has 0 spiro atoms. The monoisotopic (exact) mass is 394 g/mol. The zero-order valence-corrected chi connectivity index (χ0v) is 16.6. The first-order valence-electron chi connectivity index (χ1n) is 10.5. The first kappa shape index (κ1) is 18.4. The van der Waals surface area contributed by atoms with Gasteiger partial charge in [0.2, 0.25) is 5.89 Å². The average Bonchev–Trinajstić information content (AvgIpc) is 3.07. The summed E-state index contributed by atoms with van der Waals surface area (Å²) in [7, 11) is 0. The van der Waals surface area contributed by atoms with Crippen molar-refractivity contribution in [2.24, 2.45) is 17.8 Å². The lowest BCUT2D eigenvalue weighted by molar-refractivity contribution is -0.130. The van der Waals surface area contributed by atoms with Crippen LogP contribution in [-0.4, -0.2) is 29.0 Å². The number of nitrogens with one attached hydrogen (secondary N) is 1. The van der Waals surface area contributed by atoms with Crippen LogP contribution in [0.25, 0.3) is 11.5 Å². The van der Waals surface area contributed by atoms with Crippen LogP contribution in [-0.2, 0) is 9.53 Å². The second kappa shape index (κ2) is 7.01. The molecule has 0 atom stereocenters. The van der Waals surface area contributed by atoms with Crippen molar-refractivity contribution >= 4 is 11.9 Å². The van der Waals surface area contributed by atoms with E-state index in [0.29, 0.717) is 11.7 Å². The summed E-state index contributed by atoms with van der Waals surface area (Å²) in [6.07, 6.45) is 7.17. The van der Waals surface area contributed by atoms with Gasteiger partial charge in [0.15, 0.2) is 12.3 Å². The van der Waals surface area contributed by atoms with E-state index in [2.05, 4.69) is 10.3 Å². The zero-order chi connectivity index (χ0) is 20.0. The molecule has 4 saturated carbocycles. The second-order valence-electron chi connectivity index (χ2n) is 9.11. The zero-order valence-electron chi connectivity index (χ0n) is 16.6. The molecule has 6 rings (SSSR count). The second-order valence-corrected chi connectivity index (χ2v) is 9.11. The molecule has 1 aromatic carbocycles. The molecule has 2 aromatic rings. The van der Waals surface area contributed by atoms with Crippen molar-refractivity contribution in [3.8, 4) is 11.5 Å². The Balaban J connectivity index is 1.20. The van der Waals surface area contributed by atoms with Gasteiger partial charge in [0.05, 0.1) is 0 Å². The van der Waals surface area contributed by atoms with E-state index >= 15 is 0 Å². The summed E-state index contributed by atoms with van der Waals surface area (Å²) >= 11 is 0. The van der Waals surface area contributed by atoms with E-state index in [1.165, 1.54) is 19.3 Å². The Bertz CT molecular complexity index is 898. The number of amides is 1. The number of ether oxygens (including phenoxy) is 1. The number of oxazole rings is 1. The molecule has 29 heavy (non-hydrogen) atoms. The Morgan fingerprint density at radius 3 is 2.34 bits per heavy atom. The molecule has 1 heterocycles. The molecule has 4 aliphatic carbocycles. The molecule has 1 N–H and O–H groups in total. The molecule has 152 valence electrons. The summed E-state index contributed by atoms with van der Waals surface area (Å²) in [6.45, 7) is 1.39. The molecular weight excluding hydrogens is 368 g/mol. The van der Waals surface area contributed by atoms with Crippen molar-refractivity contribution in [3.05, 3.63) is 41.8 Å². The fourth-order valence-electron chi connectivity index (χ4n) is 6.09. The summed E-state index contributed by atoms with van der Waals surface area (Å²) < 4.78 is 10.9. The standard InChI is InChI=1S/C23H26N2O4/c1-14-20(24-21(29-14)18-5-3-2-4-6-18)22(27)28-13-19(26)25-23-10-15-7-16(11-23)9-17(8-15)12-23/h2-6,15-17H,7-13H2,1H3,(H,25,26). The lowest BCUT2D eigenvalue weighted by Crippen LogP contribution is -2.60. The van der Waals surface area contributed by atoms with E-state index in [1.807, 2.05) is 30.3 Å². The topological polar surface area (TPSA) is 81.4 Å². The van der Waals surface area contributed by atoms with Gasteiger partial charge in [0.25, 0.3) is 5.91 Å². The van der Waals surface area contributed by atoms with E-state index in [4.69, 9.17) is 9.15 Å². The number of nitrogens with zero attached hydrogens (tertiary/aromatic N) is 1. The Labute approximate surface area is 170 Å². The highest BCUT2D eigenvalue weighted by Crippen LogP contribution is 2.55. The Kier molecular flexibility index (Phi) is 4.45. The molecule has 1 aromatic heterocycles. The molecule has 0 radical (unpaired) electrons. The van der Waals surface area contributed by atoms with Crippen LogP contribution < -0.4 is 5.32 Å². The lowest BCUT2D eigenvalue weighted by atomic mass is 9.53. The number of esters is 1. The first-order valence-corrected chi connectivity index (χ1v) is 10.5. The highest BCUT2D eigenvalue weighted by Gasteiger charge is 2.51. The SMILES string of the molecule is Cc1oc(-c2ccccc2)nc1C(=O)OCC(=O)NC12CC3CC(CC(C3)C1)C2. The Morgan fingerprint density at radius 1 is 1.10 bits per heavy atom. The number of carbonyl (C=O) groups is 2. The molecule has 4 bridgehead atoms. The minimum Gasteiger partial charge on any atom is -0.451 e. The lowest BCUT2D eigenvalue weighted by Gasteiger charge is -2.56.